The summed E-state index contributed by atoms with van der Waals surface area (Å²) in [4.78, 5) is 2.06. The first-order valence-electron chi connectivity index (χ1n) is 5.66. The maximum absolute atomic E-state index is 13.8. The first kappa shape index (κ1) is 12.9. The molecule has 1 aromatic rings. The van der Waals surface area contributed by atoms with E-state index in [-0.39, 0.29) is 5.56 Å². The predicted octanol–water partition coefficient (Wildman–Crippen LogP) is 2.52. The number of halogens is 3. The third-order valence-corrected chi connectivity index (χ3v) is 3.59. The molecule has 5 heteroatoms. The third kappa shape index (κ3) is 3.03. The fraction of sp³-hybridized carbons (Fsp3) is 0.500. The number of nitrogens with zero attached hydrogens (tertiary/aromatic N) is 1. The van der Waals surface area contributed by atoms with Gasteiger partial charge in [-0.1, -0.05) is 0 Å². The normalized spacial score (nSPS) is 21.8. The smallest absolute Gasteiger partial charge is 0.144 e. The van der Waals surface area contributed by atoms with Crippen LogP contribution in [0.5, 0.6) is 0 Å². The average molecular weight is 305 g/mol. The second-order valence-corrected chi connectivity index (χ2v) is 5.27. The van der Waals surface area contributed by atoms with Gasteiger partial charge in [-0.3, -0.25) is 4.90 Å². The van der Waals surface area contributed by atoms with Gasteiger partial charge in [0.05, 0.1) is 4.47 Å². The Bertz CT molecular complexity index is 412. The molecule has 2 rings (SSSR count). The molecule has 2 nitrogen and oxygen atoms in total. The third-order valence-electron chi connectivity index (χ3n) is 2.97. The Morgan fingerprint density at radius 3 is 2.94 bits per heavy atom. The van der Waals surface area contributed by atoms with Crippen molar-refractivity contribution in [3.05, 3.63) is 33.8 Å². The van der Waals surface area contributed by atoms with Crippen LogP contribution in [0.15, 0.2) is 16.6 Å². The summed E-state index contributed by atoms with van der Waals surface area (Å²) in [6, 6.07) is 3.06. The van der Waals surface area contributed by atoms with E-state index in [1.165, 1.54) is 12.1 Å². The molecule has 17 heavy (non-hydrogen) atoms. The molecular formula is C12H15BrF2N2. The molecule has 1 aromatic carbocycles. The lowest BCUT2D eigenvalue weighted by Crippen LogP contribution is -2.48. The zero-order valence-corrected chi connectivity index (χ0v) is 11.2. The van der Waals surface area contributed by atoms with Gasteiger partial charge in [0.1, 0.15) is 11.6 Å². The minimum absolute atomic E-state index is 0.147. The van der Waals surface area contributed by atoms with Crippen LogP contribution in [0.4, 0.5) is 8.78 Å². The molecule has 0 aromatic heterocycles. The quantitative estimate of drug-likeness (QED) is 0.845. The Kier molecular flexibility index (Phi) is 4.12. The van der Waals surface area contributed by atoms with E-state index < -0.39 is 11.6 Å². The number of hydrogen-bond donors (Lipinski definition) is 1. The number of nitrogens with one attached hydrogen (secondary N) is 1. The maximum Gasteiger partial charge on any atom is 0.144 e. The molecule has 1 saturated heterocycles. The summed E-state index contributed by atoms with van der Waals surface area (Å²) >= 11 is 3.08. The highest BCUT2D eigenvalue weighted by molar-refractivity contribution is 9.10. The van der Waals surface area contributed by atoms with Crippen LogP contribution in [0.1, 0.15) is 12.5 Å². The van der Waals surface area contributed by atoms with E-state index in [1.54, 1.807) is 0 Å². The average Bonchev–Trinajstić information content (AvgIpc) is 2.30. The number of rotatable bonds is 2. The molecule has 1 N–H and O–H groups in total. The van der Waals surface area contributed by atoms with E-state index in [4.69, 9.17) is 0 Å². The van der Waals surface area contributed by atoms with E-state index in [0.717, 1.165) is 19.6 Å². The zero-order valence-electron chi connectivity index (χ0n) is 9.64. The monoisotopic (exact) mass is 304 g/mol. The fourth-order valence-electron chi connectivity index (χ4n) is 2.09. The predicted molar refractivity (Wildman–Crippen MR) is 66.8 cm³/mol. The van der Waals surface area contributed by atoms with Crippen LogP contribution in [0.3, 0.4) is 0 Å². The minimum atomic E-state index is -0.490. The van der Waals surface area contributed by atoms with Crippen molar-refractivity contribution in [3.63, 3.8) is 0 Å². The number of piperazine rings is 1. The van der Waals surface area contributed by atoms with Crippen molar-refractivity contribution in [2.75, 3.05) is 19.6 Å². The van der Waals surface area contributed by atoms with Gasteiger partial charge in [-0.05, 0) is 35.0 Å². The summed E-state index contributed by atoms with van der Waals surface area (Å²) in [6.45, 7) is 4.88. The van der Waals surface area contributed by atoms with Gasteiger partial charge in [0.25, 0.3) is 0 Å². The van der Waals surface area contributed by atoms with Crippen molar-refractivity contribution < 1.29 is 8.78 Å². The molecule has 0 saturated carbocycles. The molecule has 0 aliphatic carbocycles. The molecule has 0 amide bonds. The van der Waals surface area contributed by atoms with Crippen molar-refractivity contribution in [1.29, 1.82) is 0 Å². The van der Waals surface area contributed by atoms with E-state index in [9.17, 15) is 8.78 Å². The lowest BCUT2D eigenvalue weighted by Gasteiger charge is -2.32. The maximum atomic E-state index is 13.8. The van der Waals surface area contributed by atoms with Crippen LogP contribution in [0, 0.1) is 11.6 Å². The van der Waals surface area contributed by atoms with Gasteiger partial charge in [0.15, 0.2) is 0 Å². The summed E-state index contributed by atoms with van der Waals surface area (Å²) in [7, 11) is 0. The highest BCUT2D eigenvalue weighted by atomic mass is 79.9. The van der Waals surface area contributed by atoms with Gasteiger partial charge in [0.2, 0.25) is 0 Å². The van der Waals surface area contributed by atoms with Gasteiger partial charge in [-0.2, -0.15) is 0 Å². The van der Waals surface area contributed by atoms with Gasteiger partial charge < -0.3 is 5.32 Å². The Hall–Kier alpha value is -0.520. The minimum Gasteiger partial charge on any atom is -0.312 e. The highest BCUT2D eigenvalue weighted by Crippen LogP contribution is 2.23. The SMILES string of the molecule is C[C@@H]1CN(Cc2c(F)ccc(Br)c2F)CCN1. The van der Waals surface area contributed by atoms with Gasteiger partial charge in [0, 0.05) is 37.8 Å². The molecule has 1 aliphatic heterocycles. The second-order valence-electron chi connectivity index (χ2n) is 4.41. The van der Waals surface area contributed by atoms with Gasteiger partial charge in [-0.25, -0.2) is 8.78 Å². The fourth-order valence-corrected chi connectivity index (χ4v) is 2.46. The van der Waals surface area contributed by atoms with E-state index in [1.807, 2.05) is 0 Å². The van der Waals surface area contributed by atoms with E-state index >= 15 is 0 Å². The molecule has 0 spiro atoms. The van der Waals surface area contributed by atoms with Crippen LogP contribution in [-0.4, -0.2) is 30.6 Å². The molecule has 0 unspecified atom stereocenters. The summed E-state index contributed by atoms with van der Waals surface area (Å²) in [6.07, 6.45) is 0. The van der Waals surface area contributed by atoms with Crippen LogP contribution >= 0.6 is 15.9 Å². The highest BCUT2D eigenvalue weighted by Gasteiger charge is 2.20. The van der Waals surface area contributed by atoms with Crippen LogP contribution in [0.25, 0.3) is 0 Å². The van der Waals surface area contributed by atoms with E-state index in [0.29, 0.717) is 17.1 Å². The number of hydrogen-bond acceptors (Lipinski definition) is 2. The van der Waals surface area contributed by atoms with Crippen molar-refractivity contribution in [1.82, 2.24) is 10.2 Å². The molecule has 1 heterocycles. The lowest BCUT2D eigenvalue weighted by molar-refractivity contribution is 0.195. The van der Waals surface area contributed by atoms with Gasteiger partial charge in [-0.15, -0.1) is 0 Å². The van der Waals surface area contributed by atoms with Crippen molar-refractivity contribution in [2.24, 2.45) is 0 Å². The molecule has 1 atom stereocenters. The summed E-state index contributed by atoms with van der Waals surface area (Å²) in [5, 5.41) is 3.30. The topological polar surface area (TPSA) is 15.3 Å². The first-order chi connectivity index (χ1) is 8.08. The van der Waals surface area contributed by atoms with E-state index in [2.05, 4.69) is 33.1 Å². The van der Waals surface area contributed by atoms with Crippen molar-refractivity contribution in [3.8, 4) is 0 Å². The number of benzene rings is 1. The zero-order chi connectivity index (χ0) is 12.4. The standard InChI is InChI=1S/C12H15BrF2N2/c1-8-6-17(5-4-16-8)7-9-11(14)3-2-10(13)12(9)15/h2-3,8,16H,4-7H2,1H3/t8-/m1/s1. The Morgan fingerprint density at radius 2 is 2.24 bits per heavy atom. The van der Waals surface area contributed by atoms with Crippen LogP contribution in [-0.2, 0) is 6.54 Å². The van der Waals surface area contributed by atoms with Crippen LogP contribution < -0.4 is 5.32 Å². The second kappa shape index (κ2) is 5.42. The van der Waals surface area contributed by atoms with Crippen molar-refractivity contribution >= 4 is 15.9 Å². The van der Waals surface area contributed by atoms with Gasteiger partial charge >= 0.3 is 0 Å². The summed E-state index contributed by atoms with van der Waals surface area (Å²) < 4.78 is 27.7. The largest absolute Gasteiger partial charge is 0.312 e. The molecule has 1 fully saturated rings. The first-order valence-corrected chi connectivity index (χ1v) is 6.45. The molecule has 0 bridgehead atoms. The van der Waals surface area contributed by atoms with Crippen molar-refractivity contribution in [2.45, 2.75) is 19.5 Å². The molecule has 1 aliphatic rings. The summed E-state index contributed by atoms with van der Waals surface area (Å²) in [5.74, 6) is -0.965. The lowest BCUT2D eigenvalue weighted by atomic mass is 10.1. The Morgan fingerprint density at radius 1 is 1.47 bits per heavy atom. The molecular weight excluding hydrogens is 290 g/mol. The Balaban J connectivity index is 2.15. The van der Waals surface area contributed by atoms with Crippen LogP contribution in [0.2, 0.25) is 0 Å². The molecule has 0 radical (unpaired) electrons. The molecule has 94 valence electrons. The summed E-state index contributed by atoms with van der Waals surface area (Å²) in [5.41, 5.74) is 0.147. The Labute approximate surface area is 108 Å².